The molecule has 0 bridgehead atoms. The Bertz CT molecular complexity index is 440. The summed E-state index contributed by atoms with van der Waals surface area (Å²) in [5, 5.41) is 0. The third-order valence-corrected chi connectivity index (χ3v) is 3.54. The van der Waals surface area contributed by atoms with E-state index in [-0.39, 0.29) is 11.9 Å². The molecule has 0 atom stereocenters. The smallest absolute Gasteiger partial charge is 0.238 e. The van der Waals surface area contributed by atoms with Gasteiger partial charge >= 0.3 is 0 Å². The second-order valence-corrected chi connectivity index (χ2v) is 4.12. The molecule has 0 aliphatic carbocycles. The van der Waals surface area contributed by atoms with Crippen molar-refractivity contribution in [3.63, 3.8) is 0 Å². The van der Waals surface area contributed by atoms with E-state index in [9.17, 15) is 4.79 Å². The van der Waals surface area contributed by atoms with Gasteiger partial charge in [0, 0.05) is 18.8 Å². The van der Waals surface area contributed by atoms with E-state index in [2.05, 4.69) is 9.97 Å². The number of aromatic nitrogens is 2. The van der Waals surface area contributed by atoms with E-state index in [4.69, 9.17) is 5.73 Å². The maximum absolute atomic E-state index is 12.3. The van der Waals surface area contributed by atoms with Gasteiger partial charge in [-0.25, -0.2) is 4.98 Å². The average molecular weight is 220 g/mol. The first kappa shape index (κ1) is 10.9. The van der Waals surface area contributed by atoms with E-state index in [1.165, 1.54) is 0 Å². The van der Waals surface area contributed by atoms with Crippen molar-refractivity contribution >= 4 is 17.7 Å². The number of nitrogens with zero attached hydrogens (tertiary/aromatic N) is 3. The van der Waals surface area contributed by atoms with Crippen LogP contribution in [0.5, 0.6) is 0 Å². The van der Waals surface area contributed by atoms with E-state index in [0.717, 1.165) is 18.4 Å². The summed E-state index contributed by atoms with van der Waals surface area (Å²) in [4.78, 5) is 22.0. The molecule has 2 heterocycles. The minimum absolute atomic E-state index is 0.0902. The Labute approximate surface area is 94.7 Å². The third kappa shape index (κ3) is 1.14. The second-order valence-electron chi connectivity index (χ2n) is 4.12. The van der Waals surface area contributed by atoms with Crippen LogP contribution in [-0.2, 0) is 10.2 Å². The third-order valence-electron chi connectivity index (χ3n) is 3.54. The number of likely N-dealkylation sites (N-methyl/N-ethyl adjacent to an activating group) is 1. The van der Waals surface area contributed by atoms with Gasteiger partial charge in [0.1, 0.15) is 5.82 Å². The van der Waals surface area contributed by atoms with Crippen LogP contribution in [-0.4, -0.2) is 22.9 Å². The summed E-state index contributed by atoms with van der Waals surface area (Å²) in [5.74, 6) is 0.954. The van der Waals surface area contributed by atoms with Gasteiger partial charge in [0.15, 0.2) is 0 Å². The number of nitrogens with two attached hydrogens (primary N) is 1. The van der Waals surface area contributed by atoms with Crippen LogP contribution in [0.2, 0.25) is 0 Å². The molecule has 86 valence electrons. The maximum Gasteiger partial charge on any atom is 0.238 e. The fraction of sp³-hybridized carbons (Fsp3) is 0.545. The van der Waals surface area contributed by atoms with Gasteiger partial charge in [0.05, 0.1) is 5.41 Å². The maximum atomic E-state index is 12.3. The van der Waals surface area contributed by atoms with Gasteiger partial charge in [-0.1, -0.05) is 13.8 Å². The first-order valence-electron chi connectivity index (χ1n) is 5.48. The monoisotopic (exact) mass is 220 g/mol. The molecule has 0 saturated carbocycles. The van der Waals surface area contributed by atoms with Crippen LogP contribution in [0.1, 0.15) is 32.3 Å². The molecule has 1 amide bonds. The summed E-state index contributed by atoms with van der Waals surface area (Å²) in [7, 11) is 1.74. The molecule has 5 heteroatoms. The van der Waals surface area contributed by atoms with Crippen molar-refractivity contribution in [2.45, 2.75) is 32.1 Å². The van der Waals surface area contributed by atoms with Crippen molar-refractivity contribution in [3.8, 4) is 0 Å². The molecule has 2 N–H and O–H groups in total. The van der Waals surface area contributed by atoms with Gasteiger partial charge < -0.3 is 5.73 Å². The number of carbonyl (C=O) groups excluding carboxylic acids is 1. The molecule has 1 aliphatic heterocycles. The van der Waals surface area contributed by atoms with E-state index in [0.29, 0.717) is 5.82 Å². The zero-order valence-corrected chi connectivity index (χ0v) is 9.82. The van der Waals surface area contributed by atoms with Crippen LogP contribution < -0.4 is 10.6 Å². The standard InChI is InChI=1S/C11H16N4O/c1-4-11(5-2)7-6-13-10(12)14-8(7)15(3)9(11)16/h6H,4-5H2,1-3H3,(H2,12,13,14). The van der Waals surface area contributed by atoms with Crippen molar-refractivity contribution < 1.29 is 4.79 Å². The highest BCUT2D eigenvalue weighted by atomic mass is 16.2. The van der Waals surface area contributed by atoms with Gasteiger partial charge in [0.25, 0.3) is 0 Å². The Balaban J connectivity index is 2.66. The molecule has 1 aromatic heterocycles. The zero-order chi connectivity index (χ0) is 11.9. The summed E-state index contributed by atoms with van der Waals surface area (Å²) in [6.45, 7) is 4.03. The van der Waals surface area contributed by atoms with Gasteiger partial charge in [-0.05, 0) is 12.8 Å². The van der Waals surface area contributed by atoms with Crippen LogP contribution >= 0.6 is 0 Å². The molecule has 16 heavy (non-hydrogen) atoms. The predicted molar refractivity (Wildman–Crippen MR) is 62.1 cm³/mol. The number of amides is 1. The molecule has 0 aromatic carbocycles. The second kappa shape index (κ2) is 3.43. The van der Waals surface area contributed by atoms with Crippen LogP contribution in [0, 0.1) is 0 Å². The van der Waals surface area contributed by atoms with Gasteiger partial charge in [0.2, 0.25) is 11.9 Å². The van der Waals surface area contributed by atoms with Crippen molar-refractivity contribution in [1.29, 1.82) is 0 Å². The summed E-state index contributed by atoms with van der Waals surface area (Å²) < 4.78 is 0. The lowest BCUT2D eigenvalue weighted by atomic mass is 9.78. The summed E-state index contributed by atoms with van der Waals surface area (Å²) in [6.07, 6.45) is 3.20. The van der Waals surface area contributed by atoms with Crippen LogP contribution in [0.4, 0.5) is 11.8 Å². The van der Waals surface area contributed by atoms with Crippen molar-refractivity contribution in [3.05, 3.63) is 11.8 Å². The topological polar surface area (TPSA) is 72.1 Å². The lowest BCUT2D eigenvalue weighted by molar-refractivity contribution is -0.123. The molecule has 0 unspecified atom stereocenters. The number of hydrogen-bond acceptors (Lipinski definition) is 4. The van der Waals surface area contributed by atoms with E-state index < -0.39 is 5.41 Å². The van der Waals surface area contributed by atoms with Gasteiger partial charge in [-0.15, -0.1) is 0 Å². The van der Waals surface area contributed by atoms with Gasteiger partial charge in [-0.3, -0.25) is 9.69 Å². The summed E-state index contributed by atoms with van der Waals surface area (Å²) in [5.41, 5.74) is 5.99. The lowest BCUT2D eigenvalue weighted by Gasteiger charge is -2.24. The Kier molecular flexibility index (Phi) is 2.33. The largest absolute Gasteiger partial charge is 0.368 e. The first-order valence-corrected chi connectivity index (χ1v) is 5.48. The number of fused-ring (bicyclic) bond motifs is 1. The zero-order valence-electron chi connectivity index (χ0n) is 9.82. The molecule has 0 radical (unpaired) electrons. The Morgan fingerprint density at radius 3 is 2.62 bits per heavy atom. The Hall–Kier alpha value is -1.65. The minimum atomic E-state index is -0.461. The lowest BCUT2D eigenvalue weighted by Crippen LogP contribution is -2.37. The van der Waals surface area contributed by atoms with Gasteiger partial charge in [-0.2, -0.15) is 4.98 Å². The highest BCUT2D eigenvalue weighted by Crippen LogP contribution is 2.44. The fourth-order valence-corrected chi connectivity index (χ4v) is 2.45. The number of carbonyl (C=O) groups is 1. The quantitative estimate of drug-likeness (QED) is 0.809. The molecule has 0 fully saturated rings. The number of nitrogen functional groups attached to an aromatic ring is 1. The molecular formula is C11H16N4O. The van der Waals surface area contributed by atoms with E-state index in [1.807, 2.05) is 13.8 Å². The number of rotatable bonds is 2. The van der Waals surface area contributed by atoms with Crippen molar-refractivity contribution in [2.75, 3.05) is 17.7 Å². The highest BCUT2D eigenvalue weighted by molar-refractivity contribution is 6.06. The SMILES string of the molecule is CCC1(CC)C(=O)N(C)c2nc(N)ncc21. The average Bonchev–Trinajstić information content (AvgIpc) is 2.50. The highest BCUT2D eigenvalue weighted by Gasteiger charge is 2.48. The number of anilines is 2. The Morgan fingerprint density at radius 2 is 2.06 bits per heavy atom. The molecule has 5 nitrogen and oxygen atoms in total. The normalized spacial score (nSPS) is 17.7. The molecule has 2 rings (SSSR count). The van der Waals surface area contributed by atoms with Crippen molar-refractivity contribution in [1.82, 2.24) is 9.97 Å². The molecule has 0 saturated heterocycles. The summed E-state index contributed by atoms with van der Waals surface area (Å²) >= 11 is 0. The van der Waals surface area contributed by atoms with Crippen LogP contribution in [0.3, 0.4) is 0 Å². The molecule has 1 aromatic rings. The molecule has 0 spiro atoms. The molecule has 1 aliphatic rings. The predicted octanol–water partition coefficient (Wildman–Crippen LogP) is 1.09. The van der Waals surface area contributed by atoms with Crippen LogP contribution in [0.15, 0.2) is 6.20 Å². The van der Waals surface area contributed by atoms with E-state index in [1.54, 1.807) is 18.1 Å². The fourth-order valence-electron chi connectivity index (χ4n) is 2.45. The van der Waals surface area contributed by atoms with Crippen molar-refractivity contribution in [2.24, 2.45) is 0 Å². The summed E-state index contributed by atoms with van der Waals surface area (Å²) in [6, 6.07) is 0. The molecular weight excluding hydrogens is 204 g/mol. The minimum Gasteiger partial charge on any atom is -0.368 e. The van der Waals surface area contributed by atoms with Crippen LogP contribution in [0.25, 0.3) is 0 Å². The Morgan fingerprint density at radius 1 is 1.44 bits per heavy atom. The number of hydrogen-bond donors (Lipinski definition) is 1. The first-order chi connectivity index (χ1) is 7.56. The van der Waals surface area contributed by atoms with E-state index >= 15 is 0 Å².